The first-order chi connectivity index (χ1) is 7.17. The minimum atomic E-state index is -0.309. The van der Waals surface area contributed by atoms with Gasteiger partial charge in [-0.15, -0.1) is 0 Å². The topological polar surface area (TPSA) is 52.6 Å². The van der Waals surface area contributed by atoms with Crippen molar-refractivity contribution in [2.75, 3.05) is 13.2 Å². The molecule has 1 rings (SSSR count). The molecule has 4 nitrogen and oxygen atoms in total. The number of cyclic esters (lactones) is 1. The number of hydrogen-bond donors (Lipinski definition) is 0. The van der Waals surface area contributed by atoms with Crippen LogP contribution in [0.4, 0.5) is 0 Å². The van der Waals surface area contributed by atoms with Crippen molar-refractivity contribution in [3.8, 4) is 0 Å². The number of hydrogen-bond acceptors (Lipinski definition) is 4. The summed E-state index contributed by atoms with van der Waals surface area (Å²) in [6.07, 6.45) is 1.88. The summed E-state index contributed by atoms with van der Waals surface area (Å²) in [5.41, 5.74) is 0. The Kier molecular flexibility index (Phi) is 4.59. The standard InChI is InChI=1S/C11H18O4/c1-3-8-5-9(11(13)15-7-8)6-10(12)14-4-2/h8-9H,3-7H2,1-2H3/t8-,9+/m1/s1. The Morgan fingerprint density at radius 3 is 2.87 bits per heavy atom. The third-order valence-corrected chi connectivity index (χ3v) is 2.71. The summed E-state index contributed by atoms with van der Waals surface area (Å²) < 4.78 is 9.84. The van der Waals surface area contributed by atoms with Crippen LogP contribution >= 0.6 is 0 Å². The Morgan fingerprint density at radius 1 is 1.53 bits per heavy atom. The molecule has 15 heavy (non-hydrogen) atoms. The monoisotopic (exact) mass is 214 g/mol. The second-order valence-electron chi connectivity index (χ2n) is 3.85. The zero-order valence-corrected chi connectivity index (χ0v) is 9.32. The van der Waals surface area contributed by atoms with E-state index in [1.807, 2.05) is 0 Å². The Labute approximate surface area is 89.9 Å². The van der Waals surface area contributed by atoms with Crippen LogP contribution in [0.5, 0.6) is 0 Å². The smallest absolute Gasteiger partial charge is 0.309 e. The summed E-state index contributed by atoms with van der Waals surface area (Å²) >= 11 is 0. The summed E-state index contributed by atoms with van der Waals surface area (Å²) in [4.78, 5) is 22.6. The van der Waals surface area contributed by atoms with Crippen LogP contribution in [0.3, 0.4) is 0 Å². The normalized spacial score (nSPS) is 25.9. The number of ether oxygens (including phenoxy) is 2. The fourth-order valence-electron chi connectivity index (χ4n) is 1.76. The van der Waals surface area contributed by atoms with Crippen LogP contribution in [0.25, 0.3) is 0 Å². The molecule has 1 heterocycles. The Bertz CT molecular complexity index is 237. The molecule has 4 heteroatoms. The summed E-state index contributed by atoms with van der Waals surface area (Å²) in [6.45, 7) is 4.67. The summed E-state index contributed by atoms with van der Waals surface area (Å²) in [7, 11) is 0. The highest BCUT2D eigenvalue weighted by atomic mass is 16.5. The summed E-state index contributed by atoms with van der Waals surface area (Å²) in [6, 6.07) is 0. The Balaban J connectivity index is 2.44. The molecular formula is C11H18O4. The number of carbonyl (C=O) groups is 2. The van der Waals surface area contributed by atoms with Gasteiger partial charge in [0.05, 0.1) is 25.6 Å². The van der Waals surface area contributed by atoms with E-state index in [9.17, 15) is 9.59 Å². The molecule has 0 radical (unpaired) electrons. The molecule has 0 saturated carbocycles. The van der Waals surface area contributed by atoms with Crippen LogP contribution < -0.4 is 0 Å². The molecule has 0 bridgehead atoms. The minimum absolute atomic E-state index is 0.156. The lowest BCUT2D eigenvalue weighted by Gasteiger charge is -2.26. The third kappa shape index (κ3) is 3.53. The van der Waals surface area contributed by atoms with Crippen molar-refractivity contribution in [1.29, 1.82) is 0 Å². The Morgan fingerprint density at radius 2 is 2.27 bits per heavy atom. The van der Waals surface area contributed by atoms with Crippen LogP contribution in [0.1, 0.15) is 33.1 Å². The van der Waals surface area contributed by atoms with Gasteiger partial charge in [0, 0.05) is 0 Å². The predicted octanol–water partition coefficient (Wildman–Crippen LogP) is 1.53. The van der Waals surface area contributed by atoms with E-state index in [1.165, 1.54) is 0 Å². The van der Waals surface area contributed by atoms with Gasteiger partial charge < -0.3 is 9.47 Å². The van der Waals surface area contributed by atoms with Crippen LogP contribution in [-0.2, 0) is 19.1 Å². The van der Waals surface area contributed by atoms with Crippen molar-refractivity contribution < 1.29 is 19.1 Å². The maximum Gasteiger partial charge on any atom is 0.309 e. The molecule has 0 unspecified atom stereocenters. The molecular weight excluding hydrogens is 196 g/mol. The molecule has 0 spiro atoms. The van der Waals surface area contributed by atoms with E-state index in [0.717, 1.165) is 12.8 Å². The van der Waals surface area contributed by atoms with Crippen molar-refractivity contribution in [3.05, 3.63) is 0 Å². The van der Waals surface area contributed by atoms with Gasteiger partial charge in [0.25, 0.3) is 0 Å². The van der Waals surface area contributed by atoms with Crippen molar-refractivity contribution >= 4 is 11.9 Å². The van der Waals surface area contributed by atoms with Gasteiger partial charge in [-0.3, -0.25) is 9.59 Å². The third-order valence-electron chi connectivity index (χ3n) is 2.71. The van der Waals surface area contributed by atoms with E-state index in [4.69, 9.17) is 9.47 Å². The van der Waals surface area contributed by atoms with Crippen molar-refractivity contribution in [2.45, 2.75) is 33.1 Å². The average molecular weight is 214 g/mol. The molecule has 0 N–H and O–H groups in total. The van der Waals surface area contributed by atoms with E-state index in [-0.39, 0.29) is 24.3 Å². The first-order valence-corrected chi connectivity index (χ1v) is 5.49. The molecule has 0 amide bonds. The van der Waals surface area contributed by atoms with Crippen LogP contribution in [0.15, 0.2) is 0 Å². The first-order valence-electron chi connectivity index (χ1n) is 5.49. The van der Waals surface area contributed by atoms with E-state index in [0.29, 0.717) is 19.1 Å². The molecule has 0 aromatic rings. The fraction of sp³-hybridized carbons (Fsp3) is 0.818. The lowest BCUT2D eigenvalue weighted by atomic mass is 9.89. The lowest BCUT2D eigenvalue weighted by molar-refractivity contribution is -0.161. The molecule has 0 aliphatic carbocycles. The summed E-state index contributed by atoms with van der Waals surface area (Å²) in [5, 5.41) is 0. The second-order valence-corrected chi connectivity index (χ2v) is 3.85. The molecule has 1 saturated heterocycles. The minimum Gasteiger partial charge on any atom is -0.466 e. The SMILES string of the molecule is CCOC(=O)C[C@@H]1C[C@@H](CC)COC1=O. The first kappa shape index (κ1) is 12.0. The van der Waals surface area contributed by atoms with E-state index in [1.54, 1.807) is 6.92 Å². The van der Waals surface area contributed by atoms with Gasteiger partial charge >= 0.3 is 11.9 Å². The highest BCUT2D eigenvalue weighted by molar-refractivity contribution is 5.80. The van der Waals surface area contributed by atoms with Crippen molar-refractivity contribution in [1.82, 2.24) is 0 Å². The van der Waals surface area contributed by atoms with E-state index < -0.39 is 0 Å². The van der Waals surface area contributed by atoms with Gasteiger partial charge in [0.15, 0.2) is 0 Å². The molecule has 1 aliphatic heterocycles. The van der Waals surface area contributed by atoms with Gasteiger partial charge in [-0.1, -0.05) is 13.3 Å². The largest absolute Gasteiger partial charge is 0.466 e. The van der Waals surface area contributed by atoms with Gasteiger partial charge in [0.2, 0.25) is 0 Å². The van der Waals surface area contributed by atoms with Crippen LogP contribution in [-0.4, -0.2) is 25.2 Å². The molecule has 1 fully saturated rings. The number of carbonyl (C=O) groups excluding carboxylic acids is 2. The maximum atomic E-state index is 11.4. The number of esters is 2. The Hall–Kier alpha value is -1.06. The van der Waals surface area contributed by atoms with E-state index >= 15 is 0 Å². The fourth-order valence-corrected chi connectivity index (χ4v) is 1.76. The van der Waals surface area contributed by atoms with Crippen LogP contribution in [0.2, 0.25) is 0 Å². The highest BCUT2D eigenvalue weighted by Crippen LogP contribution is 2.25. The number of rotatable bonds is 4. The van der Waals surface area contributed by atoms with Crippen LogP contribution in [0, 0.1) is 11.8 Å². The zero-order chi connectivity index (χ0) is 11.3. The van der Waals surface area contributed by atoms with E-state index in [2.05, 4.69) is 6.92 Å². The van der Waals surface area contributed by atoms with Gasteiger partial charge in [-0.05, 0) is 19.3 Å². The average Bonchev–Trinajstić information content (AvgIpc) is 2.21. The quantitative estimate of drug-likeness (QED) is 0.666. The lowest BCUT2D eigenvalue weighted by Crippen LogP contribution is -2.32. The predicted molar refractivity (Wildman–Crippen MR) is 54.1 cm³/mol. The van der Waals surface area contributed by atoms with Crippen molar-refractivity contribution in [2.24, 2.45) is 11.8 Å². The molecule has 86 valence electrons. The van der Waals surface area contributed by atoms with Gasteiger partial charge in [-0.2, -0.15) is 0 Å². The molecule has 0 aromatic carbocycles. The highest BCUT2D eigenvalue weighted by Gasteiger charge is 2.31. The molecule has 1 aliphatic rings. The summed E-state index contributed by atoms with van der Waals surface area (Å²) in [5.74, 6) is -0.478. The van der Waals surface area contributed by atoms with Gasteiger partial charge in [-0.25, -0.2) is 0 Å². The molecule has 2 atom stereocenters. The van der Waals surface area contributed by atoms with Crippen molar-refractivity contribution in [3.63, 3.8) is 0 Å². The maximum absolute atomic E-state index is 11.4. The zero-order valence-electron chi connectivity index (χ0n) is 9.32. The van der Waals surface area contributed by atoms with Gasteiger partial charge in [0.1, 0.15) is 0 Å². The molecule has 0 aromatic heterocycles. The second kappa shape index (κ2) is 5.73.